The Morgan fingerprint density at radius 1 is 1.29 bits per heavy atom. The first-order valence-electron chi connectivity index (χ1n) is 5.06. The van der Waals surface area contributed by atoms with Crippen LogP contribution in [0.3, 0.4) is 0 Å². The van der Waals surface area contributed by atoms with Crippen LogP contribution in [0.1, 0.15) is 18.1 Å². The van der Waals surface area contributed by atoms with Gasteiger partial charge in [0.2, 0.25) is 0 Å². The molecule has 0 amide bonds. The maximum atomic E-state index is 12.3. The lowest BCUT2D eigenvalue weighted by atomic mass is 10.0. The molecule has 94 valence electrons. The Bertz CT molecular complexity index is 382. The first-order chi connectivity index (χ1) is 7.84. The molecule has 0 spiro atoms. The van der Waals surface area contributed by atoms with Crippen molar-refractivity contribution in [2.75, 3.05) is 7.11 Å². The Labute approximate surface area is 97.4 Å². The SMILES string of the molecule is COC(C)C(=O)Cc1ccc(C(F)(F)F)cc1. The van der Waals surface area contributed by atoms with Gasteiger partial charge >= 0.3 is 6.18 Å². The van der Waals surface area contributed by atoms with Gasteiger partial charge in [-0.05, 0) is 24.6 Å². The third kappa shape index (κ3) is 3.85. The first-order valence-corrected chi connectivity index (χ1v) is 5.06. The molecule has 0 bridgehead atoms. The Morgan fingerprint density at radius 3 is 2.24 bits per heavy atom. The van der Waals surface area contributed by atoms with Crippen LogP contribution in [0.15, 0.2) is 24.3 Å². The van der Waals surface area contributed by atoms with Crippen LogP contribution in [0.2, 0.25) is 0 Å². The number of halogens is 3. The average Bonchev–Trinajstić information content (AvgIpc) is 2.27. The van der Waals surface area contributed by atoms with E-state index in [-0.39, 0.29) is 12.2 Å². The largest absolute Gasteiger partial charge is 0.416 e. The minimum absolute atomic E-state index is 0.0765. The van der Waals surface area contributed by atoms with Gasteiger partial charge < -0.3 is 4.74 Å². The summed E-state index contributed by atoms with van der Waals surface area (Å²) in [6, 6.07) is 4.56. The van der Waals surface area contributed by atoms with Gasteiger partial charge in [0.1, 0.15) is 6.10 Å². The number of rotatable bonds is 4. The highest BCUT2D eigenvalue weighted by molar-refractivity contribution is 5.84. The summed E-state index contributed by atoms with van der Waals surface area (Å²) in [5, 5.41) is 0. The van der Waals surface area contributed by atoms with Crippen LogP contribution < -0.4 is 0 Å². The fourth-order valence-corrected chi connectivity index (χ4v) is 1.29. The molecule has 2 nitrogen and oxygen atoms in total. The van der Waals surface area contributed by atoms with Crippen molar-refractivity contribution in [2.24, 2.45) is 0 Å². The number of methoxy groups -OCH3 is 1. The third-order valence-electron chi connectivity index (χ3n) is 2.47. The second-order valence-electron chi connectivity index (χ2n) is 3.72. The number of ketones is 1. The van der Waals surface area contributed by atoms with Gasteiger partial charge in [-0.1, -0.05) is 12.1 Å². The van der Waals surface area contributed by atoms with Gasteiger partial charge in [-0.3, -0.25) is 4.79 Å². The van der Waals surface area contributed by atoms with Crippen LogP contribution in [0.25, 0.3) is 0 Å². The van der Waals surface area contributed by atoms with E-state index in [1.165, 1.54) is 19.2 Å². The van der Waals surface area contributed by atoms with Crippen molar-refractivity contribution in [2.45, 2.75) is 25.6 Å². The maximum Gasteiger partial charge on any atom is 0.416 e. The molecule has 1 aromatic rings. The lowest BCUT2D eigenvalue weighted by molar-refractivity contribution is -0.137. The van der Waals surface area contributed by atoms with Crippen molar-refractivity contribution in [3.8, 4) is 0 Å². The molecule has 1 aromatic carbocycles. The molecule has 17 heavy (non-hydrogen) atoms. The maximum absolute atomic E-state index is 12.3. The standard InChI is InChI=1S/C12H13F3O2/c1-8(17-2)11(16)7-9-3-5-10(6-4-9)12(13,14)15/h3-6,8H,7H2,1-2H3. The second kappa shape index (κ2) is 5.31. The normalized spacial score (nSPS) is 13.5. The second-order valence-corrected chi connectivity index (χ2v) is 3.72. The molecule has 0 fully saturated rings. The molecule has 0 aliphatic carbocycles. The smallest absolute Gasteiger partial charge is 0.374 e. The number of carbonyl (C=O) groups is 1. The predicted octanol–water partition coefficient (Wildman–Crippen LogP) is 2.85. The predicted molar refractivity (Wildman–Crippen MR) is 56.6 cm³/mol. The van der Waals surface area contributed by atoms with Crippen LogP contribution in [0.5, 0.6) is 0 Å². The summed E-state index contributed by atoms with van der Waals surface area (Å²) in [6.07, 6.45) is -4.81. The van der Waals surface area contributed by atoms with E-state index in [4.69, 9.17) is 4.74 Å². The molecule has 0 heterocycles. The molecule has 1 rings (SSSR count). The number of alkyl halides is 3. The minimum Gasteiger partial charge on any atom is -0.374 e. The molecule has 0 saturated carbocycles. The summed E-state index contributed by atoms with van der Waals surface area (Å²) < 4.78 is 41.7. The number of Topliss-reactive ketones (excluding diaryl/α,β-unsaturated/α-hetero) is 1. The van der Waals surface area contributed by atoms with E-state index < -0.39 is 17.8 Å². The summed E-state index contributed by atoms with van der Waals surface area (Å²) >= 11 is 0. The van der Waals surface area contributed by atoms with Crippen molar-refractivity contribution in [3.63, 3.8) is 0 Å². The van der Waals surface area contributed by atoms with Gasteiger partial charge in [-0.2, -0.15) is 13.2 Å². The molecule has 1 unspecified atom stereocenters. The van der Waals surface area contributed by atoms with Crippen molar-refractivity contribution in [3.05, 3.63) is 35.4 Å². The van der Waals surface area contributed by atoms with E-state index in [1.807, 2.05) is 0 Å². The van der Waals surface area contributed by atoms with Crippen LogP contribution >= 0.6 is 0 Å². The zero-order chi connectivity index (χ0) is 13.1. The highest BCUT2D eigenvalue weighted by Gasteiger charge is 2.30. The number of hydrogen-bond donors (Lipinski definition) is 0. The van der Waals surface area contributed by atoms with Crippen molar-refractivity contribution in [1.82, 2.24) is 0 Å². The zero-order valence-electron chi connectivity index (χ0n) is 9.54. The fourth-order valence-electron chi connectivity index (χ4n) is 1.29. The highest BCUT2D eigenvalue weighted by atomic mass is 19.4. The Kier molecular flexibility index (Phi) is 4.28. The minimum atomic E-state index is -4.34. The molecular weight excluding hydrogens is 233 g/mol. The highest BCUT2D eigenvalue weighted by Crippen LogP contribution is 2.29. The quantitative estimate of drug-likeness (QED) is 0.816. The summed E-state index contributed by atoms with van der Waals surface area (Å²) in [4.78, 5) is 11.5. The Morgan fingerprint density at radius 2 is 1.82 bits per heavy atom. The zero-order valence-corrected chi connectivity index (χ0v) is 9.54. The average molecular weight is 246 g/mol. The number of ether oxygens (including phenoxy) is 1. The van der Waals surface area contributed by atoms with Crippen LogP contribution in [0, 0.1) is 0 Å². The van der Waals surface area contributed by atoms with Gasteiger partial charge in [0.25, 0.3) is 0 Å². The third-order valence-corrected chi connectivity index (χ3v) is 2.47. The molecule has 0 aromatic heterocycles. The van der Waals surface area contributed by atoms with E-state index in [0.29, 0.717) is 5.56 Å². The molecule has 0 saturated heterocycles. The van der Waals surface area contributed by atoms with Gasteiger partial charge in [0, 0.05) is 13.5 Å². The number of carbonyl (C=O) groups excluding carboxylic acids is 1. The van der Waals surface area contributed by atoms with E-state index in [0.717, 1.165) is 12.1 Å². The van der Waals surface area contributed by atoms with E-state index in [1.54, 1.807) is 6.92 Å². The summed E-state index contributed by atoms with van der Waals surface area (Å²) in [5.74, 6) is -0.160. The Balaban J connectivity index is 2.73. The van der Waals surface area contributed by atoms with Crippen molar-refractivity contribution >= 4 is 5.78 Å². The Hall–Kier alpha value is -1.36. The van der Waals surface area contributed by atoms with Gasteiger partial charge in [0.05, 0.1) is 5.56 Å². The molecule has 0 radical (unpaired) electrons. The van der Waals surface area contributed by atoms with Crippen molar-refractivity contribution in [1.29, 1.82) is 0 Å². The number of benzene rings is 1. The summed E-state index contributed by atoms with van der Waals surface area (Å²) in [7, 11) is 1.41. The van der Waals surface area contributed by atoms with E-state index in [9.17, 15) is 18.0 Å². The van der Waals surface area contributed by atoms with E-state index >= 15 is 0 Å². The van der Waals surface area contributed by atoms with Crippen LogP contribution in [0.4, 0.5) is 13.2 Å². The van der Waals surface area contributed by atoms with Gasteiger partial charge in [-0.25, -0.2) is 0 Å². The molecule has 0 aliphatic rings. The molecule has 5 heteroatoms. The van der Waals surface area contributed by atoms with Crippen LogP contribution in [-0.2, 0) is 22.1 Å². The molecule has 1 atom stereocenters. The van der Waals surface area contributed by atoms with Crippen LogP contribution in [-0.4, -0.2) is 19.0 Å². The monoisotopic (exact) mass is 246 g/mol. The lowest BCUT2D eigenvalue weighted by Crippen LogP contribution is -2.21. The van der Waals surface area contributed by atoms with Gasteiger partial charge in [0.15, 0.2) is 5.78 Å². The topological polar surface area (TPSA) is 26.3 Å². The lowest BCUT2D eigenvalue weighted by Gasteiger charge is -2.09. The molecule has 0 N–H and O–H groups in total. The first kappa shape index (κ1) is 13.7. The molecular formula is C12H13F3O2. The summed E-state index contributed by atoms with van der Waals surface area (Å²) in [5.41, 5.74) is -0.166. The van der Waals surface area contributed by atoms with Gasteiger partial charge in [-0.15, -0.1) is 0 Å². The molecule has 0 aliphatic heterocycles. The fraction of sp³-hybridized carbons (Fsp3) is 0.417. The van der Waals surface area contributed by atoms with E-state index in [2.05, 4.69) is 0 Å². The van der Waals surface area contributed by atoms with Crippen molar-refractivity contribution < 1.29 is 22.7 Å². The number of hydrogen-bond acceptors (Lipinski definition) is 2. The summed E-state index contributed by atoms with van der Waals surface area (Å²) in [6.45, 7) is 1.60.